The standard InChI is InChI=1S/C31H50O9.C18H27IO6.C13H23O3.3C4H9.Sn/c1-9-24(37-8)21(5)29-30(40-29)27(35)18(2)11-10-12-19(3)28-20(4)13-14-25(38-22(6)32)31(7,36)16-15-23(33)17-26(34)39-28;1-11-5-6-15(24-13(3)20)18(4,23)8-7-14(21)9-16(22)25-17(11)12(2)10-19;1-6-8(3)11(14)13-12(16-13)9(4)10(7-2)15-5;3*1-3-4-2;/h10-14,18,20-21,23-25,27-30,33,35-36H,9,15-17H2,1-8H3;5-6,10-11,14-15,17,21,23H,7-9H2,1-4H3;1,6,8-14H,7H2,2-5H3;3*1,3-4H2,2H3;/b11-10+,14-13+,19-12+;6-5+,12-10+;;;;;/t18-,20+,21-,23-,24+,25+,27+,28-,29-,30-,31-;11-,14+,15-,17-,18+;8-,9-,10+,11+,12-,13-;;;;/m101..../s1. The van der Waals surface area contributed by atoms with E-state index in [-0.39, 0.29) is 105 Å². The molecule has 4 aliphatic rings. The first-order valence-corrected chi connectivity index (χ1v) is 44.1. The summed E-state index contributed by atoms with van der Waals surface area (Å²) in [4.78, 5) is 47.8. The van der Waals surface area contributed by atoms with Gasteiger partial charge in [0.05, 0.1) is 43.4 Å². The Balaban J connectivity index is 0.000000496. The van der Waals surface area contributed by atoms with Crippen LogP contribution in [0.25, 0.3) is 0 Å². The summed E-state index contributed by atoms with van der Waals surface area (Å²) < 4.78 is 53.7. The van der Waals surface area contributed by atoms with Gasteiger partial charge < -0.3 is 54.0 Å². The van der Waals surface area contributed by atoms with Crippen LogP contribution in [0, 0.1) is 35.5 Å². The molecule has 0 amide bonds. The van der Waals surface area contributed by atoms with E-state index in [1.807, 2.05) is 56.9 Å². The summed E-state index contributed by atoms with van der Waals surface area (Å²) in [5.41, 5.74) is -1.15. The second-order valence-corrected chi connectivity index (χ2v) is 41.6. The molecule has 0 unspecified atom stereocenters. The number of methoxy groups -OCH3 is 2. The SMILES string of the molecule is CC(=O)O[C@H]1/C=C/[C@H](C)[C@@H](/C(C)=C/I)OC(=O)C[C@H](O)CC[C@@]1(C)O.CCC[CH2][Sn](/[CH]=C/[C@@H](C)[C@H](O)[C@H]1O[C@@H]1[C@H](C)[C@H](CC)OC)([CH2]CCC)[CH2]CCC.CC[C@H](OC)[C@@H](C)[C@H]1O[C@@H]1[C@@H](O)[C@H](C)/C=C/C=C(\C)[C@H]1OC(=O)C[C@H](O)CC[C@@](C)(O)[C@@H](OC(C)=O)/C=C/[C@@H]1C. The molecule has 4 aliphatic heterocycles. The number of halogens is 1. The van der Waals surface area contributed by atoms with Crippen LogP contribution in [-0.2, 0) is 57.1 Å². The van der Waals surface area contributed by atoms with Crippen molar-refractivity contribution in [1.82, 2.24) is 0 Å². The molecule has 6 N–H and O–H groups in total. The zero-order valence-electron chi connectivity index (χ0n) is 60.8. The summed E-state index contributed by atoms with van der Waals surface area (Å²) in [6.07, 6.45) is 19.1. The summed E-state index contributed by atoms with van der Waals surface area (Å²) in [6, 6.07) is 0. The van der Waals surface area contributed by atoms with Crippen molar-refractivity contribution in [2.75, 3.05) is 14.2 Å². The monoisotopic (exact) mass is 1550 g/mol. The maximum absolute atomic E-state index is 12.6. The van der Waals surface area contributed by atoms with Crippen LogP contribution >= 0.6 is 22.6 Å². The van der Waals surface area contributed by atoms with Crippen LogP contribution in [0.15, 0.2) is 67.9 Å². The van der Waals surface area contributed by atoms with E-state index in [4.69, 9.17) is 37.9 Å². The molecule has 0 bridgehead atoms. The van der Waals surface area contributed by atoms with Gasteiger partial charge in [-0.2, -0.15) is 0 Å². The first-order chi connectivity index (χ1) is 44.2. The molecule has 0 saturated carbocycles. The number of hydrogen-bond acceptors (Lipinski definition) is 18. The van der Waals surface area contributed by atoms with E-state index >= 15 is 0 Å². The molecule has 0 aromatic carbocycles. The fourth-order valence-electron chi connectivity index (χ4n) is 12.8. The van der Waals surface area contributed by atoms with Crippen molar-refractivity contribution in [1.29, 1.82) is 0 Å². The summed E-state index contributed by atoms with van der Waals surface area (Å²) in [7, 11) is 3.47. The fraction of sp³-hybridized carbons (Fsp3) is 0.784. The molecular formula is C74H127IO18Sn. The van der Waals surface area contributed by atoms with E-state index in [0.29, 0.717) is 5.92 Å². The number of aliphatic hydroxyl groups excluding tert-OH is 4. The van der Waals surface area contributed by atoms with E-state index in [2.05, 4.69) is 88.1 Å². The molecule has 4 heterocycles. The third kappa shape index (κ3) is 30.1. The van der Waals surface area contributed by atoms with Gasteiger partial charge in [-0.05, 0) is 87.2 Å². The second kappa shape index (κ2) is 43.9. The van der Waals surface area contributed by atoms with Gasteiger partial charge in [-0.1, -0.05) is 87.6 Å². The zero-order valence-corrected chi connectivity index (χ0v) is 65.8. The summed E-state index contributed by atoms with van der Waals surface area (Å²) in [6.45, 7) is 32.6. The van der Waals surface area contributed by atoms with Crippen molar-refractivity contribution < 1.29 is 87.7 Å². The fourth-order valence-corrected chi connectivity index (χ4v) is 27.8. The van der Waals surface area contributed by atoms with Gasteiger partial charge in [-0.15, -0.1) is 0 Å². The number of unbranched alkanes of at least 4 members (excludes halogenated alkanes) is 3. The van der Waals surface area contributed by atoms with Crippen molar-refractivity contribution in [3.63, 3.8) is 0 Å². The van der Waals surface area contributed by atoms with Gasteiger partial charge in [0.15, 0.2) is 0 Å². The van der Waals surface area contributed by atoms with Crippen LogP contribution in [0.3, 0.4) is 0 Å². The topological polar surface area (TPSA) is 270 Å². The first kappa shape index (κ1) is 87.5. The molecule has 4 rings (SSSR count). The minimum atomic E-state index is -2.27. The summed E-state index contributed by atoms with van der Waals surface area (Å²) >= 11 is -0.195. The number of epoxide rings is 2. The van der Waals surface area contributed by atoms with Crippen LogP contribution < -0.4 is 0 Å². The van der Waals surface area contributed by atoms with Crippen LogP contribution in [0.4, 0.5) is 0 Å². The Bertz CT molecular complexity index is 2390. The Morgan fingerprint density at radius 3 is 1.34 bits per heavy atom. The minimum absolute atomic E-state index is 0.0274. The molecule has 18 nitrogen and oxygen atoms in total. The molecular weight excluding hydrogens is 1420 g/mol. The van der Waals surface area contributed by atoms with E-state index in [1.54, 1.807) is 52.4 Å². The van der Waals surface area contributed by atoms with Crippen molar-refractivity contribution in [2.45, 2.75) is 318 Å². The van der Waals surface area contributed by atoms with Crippen LogP contribution in [0.2, 0.25) is 13.3 Å². The van der Waals surface area contributed by atoms with Crippen molar-refractivity contribution in [3.8, 4) is 0 Å². The largest absolute Gasteiger partial charge is 0.457 e. The number of hydrogen-bond donors (Lipinski definition) is 6. The maximum Gasteiger partial charge on any atom is 0.309 e. The number of carbonyl (C=O) groups is 4. The van der Waals surface area contributed by atoms with E-state index < -0.39 is 102 Å². The van der Waals surface area contributed by atoms with Gasteiger partial charge in [0.2, 0.25) is 0 Å². The molecule has 0 aromatic rings. The number of carbonyl (C=O) groups excluding carboxylic acids is 4. The van der Waals surface area contributed by atoms with Gasteiger partial charge in [-0.3, -0.25) is 19.2 Å². The number of cyclic esters (lactones) is 2. The third-order valence-corrected chi connectivity index (χ3v) is 34.5. The number of rotatable bonds is 29. The van der Waals surface area contributed by atoms with Gasteiger partial charge in [0, 0.05) is 44.6 Å². The second-order valence-electron chi connectivity index (χ2n) is 28.0. The van der Waals surface area contributed by atoms with Gasteiger partial charge in [0.25, 0.3) is 0 Å². The third-order valence-electron chi connectivity index (χ3n) is 19.4. The maximum atomic E-state index is 12.6. The number of ether oxygens (including phenoxy) is 8. The average molecular weight is 1550 g/mol. The minimum Gasteiger partial charge on any atom is -0.457 e. The Morgan fingerprint density at radius 1 is 0.628 bits per heavy atom. The van der Waals surface area contributed by atoms with Crippen LogP contribution in [-0.4, -0.2) is 184 Å². The van der Waals surface area contributed by atoms with Crippen molar-refractivity contribution in [2.24, 2.45) is 35.5 Å². The Morgan fingerprint density at radius 2 is 1.00 bits per heavy atom. The Kier molecular flexibility index (Phi) is 40.8. The Labute approximate surface area is 583 Å². The molecule has 2 saturated heterocycles. The predicted octanol–water partition coefficient (Wildman–Crippen LogP) is 13.1. The van der Waals surface area contributed by atoms with Crippen LogP contribution in [0.1, 0.15) is 208 Å². The molecule has 0 radical (unpaired) electrons. The van der Waals surface area contributed by atoms with Crippen molar-refractivity contribution in [3.05, 3.63) is 67.9 Å². The van der Waals surface area contributed by atoms with Gasteiger partial charge >= 0.3 is 210 Å². The van der Waals surface area contributed by atoms with E-state index in [0.717, 1.165) is 24.0 Å². The average Bonchev–Trinajstić information content (AvgIpc) is 1.64. The molecule has 0 spiro atoms. The molecule has 2 fully saturated rings. The summed E-state index contributed by atoms with van der Waals surface area (Å²) in [5, 5.41) is 63.8. The molecule has 0 aliphatic carbocycles. The molecule has 20 heteroatoms. The van der Waals surface area contributed by atoms with E-state index in [1.165, 1.54) is 65.7 Å². The van der Waals surface area contributed by atoms with E-state index in [9.17, 15) is 49.8 Å². The zero-order chi connectivity index (χ0) is 71.3. The first-order valence-electron chi connectivity index (χ1n) is 35.1. The van der Waals surface area contributed by atoms with Crippen molar-refractivity contribution >= 4 is 64.8 Å². The smallest absolute Gasteiger partial charge is 0.309 e. The Hall–Kier alpha value is -2.55. The number of allylic oxidation sites excluding steroid dienone is 2. The molecule has 542 valence electrons. The number of aliphatic hydroxyl groups is 6. The molecule has 22 atom stereocenters. The number of esters is 4. The van der Waals surface area contributed by atoms with Gasteiger partial charge in [-0.25, -0.2) is 0 Å². The normalized spacial score (nSPS) is 32.4. The van der Waals surface area contributed by atoms with Gasteiger partial charge in [0.1, 0.15) is 41.7 Å². The quantitative estimate of drug-likeness (QED) is 0.00773. The molecule has 94 heavy (non-hydrogen) atoms. The summed E-state index contributed by atoms with van der Waals surface area (Å²) in [5.74, 6) is -2.06. The predicted molar refractivity (Wildman–Crippen MR) is 381 cm³/mol. The molecule has 0 aromatic heterocycles. The van der Waals surface area contributed by atoms with Crippen LogP contribution in [0.5, 0.6) is 0 Å².